The minimum atomic E-state index is -1.17. The predicted molar refractivity (Wildman–Crippen MR) is 78.0 cm³/mol. The van der Waals surface area contributed by atoms with Crippen molar-refractivity contribution in [1.29, 1.82) is 0 Å². The summed E-state index contributed by atoms with van der Waals surface area (Å²) in [5, 5.41) is 33.4. The van der Waals surface area contributed by atoms with Crippen molar-refractivity contribution in [2.75, 3.05) is 0 Å². The van der Waals surface area contributed by atoms with Crippen molar-refractivity contribution in [3.8, 4) is 22.8 Å². The summed E-state index contributed by atoms with van der Waals surface area (Å²) < 4.78 is 0. The van der Waals surface area contributed by atoms with Crippen LogP contribution < -0.4 is 0 Å². The highest BCUT2D eigenvalue weighted by Crippen LogP contribution is 2.17. The summed E-state index contributed by atoms with van der Waals surface area (Å²) in [6.07, 6.45) is 2.64. The molecule has 0 saturated heterocycles. The Hall–Kier alpha value is -3.82. The maximum absolute atomic E-state index is 10.9. The highest BCUT2D eigenvalue weighted by Gasteiger charge is 2.12. The first-order valence-corrected chi connectivity index (χ1v) is 6.51. The van der Waals surface area contributed by atoms with Gasteiger partial charge in [-0.3, -0.25) is 0 Å². The van der Waals surface area contributed by atoms with E-state index >= 15 is 0 Å². The van der Waals surface area contributed by atoms with Gasteiger partial charge in [0.1, 0.15) is 11.4 Å². The Morgan fingerprint density at radius 1 is 0.708 bits per heavy atom. The summed E-state index contributed by atoms with van der Waals surface area (Å²) in [6, 6.07) is 5.66. The first-order chi connectivity index (χ1) is 11.5. The van der Waals surface area contributed by atoms with E-state index in [0.717, 1.165) is 0 Å². The van der Waals surface area contributed by atoms with Crippen LogP contribution in [0.4, 0.5) is 0 Å². The average molecular weight is 324 g/mol. The van der Waals surface area contributed by atoms with Gasteiger partial charge >= 0.3 is 11.9 Å². The number of hydrogen-bond donors (Lipinski definition) is 2. The lowest BCUT2D eigenvalue weighted by atomic mass is 10.2. The summed E-state index contributed by atoms with van der Waals surface area (Å²) in [7, 11) is 0. The minimum Gasteiger partial charge on any atom is -0.477 e. The zero-order valence-corrected chi connectivity index (χ0v) is 11.9. The number of hydrogen-bond acceptors (Lipinski definition) is 8. The molecule has 3 heterocycles. The zero-order chi connectivity index (χ0) is 17.1. The summed E-state index contributed by atoms with van der Waals surface area (Å²) in [5.74, 6) is -2.10. The Balaban J connectivity index is 1.94. The predicted octanol–water partition coefficient (Wildman–Crippen LogP) is 0.787. The molecule has 0 aliphatic carbocycles. The Morgan fingerprint density at radius 2 is 1.08 bits per heavy atom. The summed E-state index contributed by atoms with van der Waals surface area (Å²) in [5.41, 5.74) is 0.491. The van der Waals surface area contributed by atoms with E-state index in [4.69, 9.17) is 10.2 Å². The molecular weight excluding hydrogens is 316 g/mol. The van der Waals surface area contributed by atoms with Gasteiger partial charge in [-0.1, -0.05) is 0 Å². The maximum Gasteiger partial charge on any atom is 0.354 e. The number of pyridine rings is 2. The van der Waals surface area contributed by atoms with E-state index in [1.807, 2.05) is 0 Å². The van der Waals surface area contributed by atoms with E-state index in [-0.39, 0.29) is 23.0 Å². The fourth-order valence-corrected chi connectivity index (χ4v) is 1.83. The third-order valence-corrected chi connectivity index (χ3v) is 2.95. The molecule has 3 aromatic rings. The molecule has 0 spiro atoms. The third kappa shape index (κ3) is 3.02. The SMILES string of the molecule is O=C(O)c1cc(-c2nnc(-c3ccnc(C(=O)O)c3)nn2)ccn1. The van der Waals surface area contributed by atoms with E-state index in [9.17, 15) is 9.59 Å². The molecule has 0 aromatic carbocycles. The molecule has 0 aliphatic rings. The van der Waals surface area contributed by atoms with Gasteiger partial charge in [0.05, 0.1) is 0 Å². The van der Waals surface area contributed by atoms with Crippen molar-refractivity contribution in [2.45, 2.75) is 0 Å². The van der Waals surface area contributed by atoms with Crippen LogP contribution in [0.2, 0.25) is 0 Å². The highest BCUT2D eigenvalue weighted by atomic mass is 16.4. The van der Waals surface area contributed by atoms with Gasteiger partial charge < -0.3 is 10.2 Å². The second kappa shape index (κ2) is 6.12. The molecule has 3 aromatic heterocycles. The number of carboxylic acid groups (broad SMARTS) is 2. The quantitative estimate of drug-likeness (QED) is 0.704. The molecule has 10 heteroatoms. The normalized spacial score (nSPS) is 10.3. The van der Waals surface area contributed by atoms with Crippen molar-refractivity contribution in [1.82, 2.24) is 30.4 Å². The standard InChI is InChI=1S/C14H8N6O4/c21-13(22)9-5-7(1-3-15-9)11-17-19-12(20-18-11)8-2-4-16-10(6-8)14(23)24/h1-6H,(H,21,22)(H,23,24). The van der Waals surface area contributed by atoms with Gasteiger partial charge in [0.25, 0.3) is 0 Å². The van der Waals surface area contributed by atoms with E-state index in [0.29, 0.717) is 11.1 Å². The number of aromatic nitrogens is 6. The second-order valence-electron chi connectivity index (χ2n) is 4.52. The van der Waals surface area contributed by atoms with Crippen molar-refractivity contribution in [2.24, 2.45) is 0 Å². The molecule has 0 aliphatic heterocycles. The summed E-state index contributed by atoms with van der Waals surface area (Å²) in [4.78, 5) is 29.2. The van der Waals surface area contributed by atoms with Crippen molar-refractivity contribution in [3.05, 3.63) is 48.0 Å². The fourth-order valence-electron chi connectivity index (χ4n) is 1.83. The number of rotatable bonds is 4. The van der Waals surface area contributed by atoms with Gasteiger partial charge in [-0.15, -0.1) is 20.4 Å². The van der Waals surface area contributed by atoms with Crippen LogP contribution in [0.25, 0.3) is 22.8 Å². The molecule has 0 amide bonds. The Morgan fingerprint density at radius 3 is 1.42 bits per heavy atom. The first-order valence-electron chi connectivity index (χ1n) is 6.51. The molecule has 0 saturated carbocycles. The van der Waals surface area contributed by atoms with Crippen LogP contribution >= 0.6 is 0 Å². The average Bonchev–Trinajstić information content (AvgIpc) is 2.62. The van der Waals surface area contributed by atoms with Gasteiger partial charge in [0.15, 0.2) is 0 Å². The number of aromatic carboxylic acids is 2. The molecule has 0 bridgehead atoms. The van der Waals surface area contributed by atoms with Crippen LogP contribution in [-0.4, -0.2) is 52.5 Å². The first kappa shape index (κ1) is 15.1. The molecule has 0 atom stereocenters. The van der Waals surface area contributed by atoms with E-state index in [2.05, 4.69) is 30.4 Å². The van der Waals surface area contributed by atoms with Crippen molar-refractivity contribution < 1.29 is 19.8 Å². The lowest BCUT2D eigenvalue weighted by Gasteiger charge is -2.02. The number of nitrogens with zero attached hydrogens (tertiary/aromatic N) is 6. The molecule has 10 nitrogen and oxygen atoms in total. The van der Waals surface area contributed by atoms with Gasteiger partial charge in [0, 0.05) is 23.5 Å². The number of carbonyl (C=O) groups is 2. The molecule has 0 fully saturated rings. The van der Waals surface area contributed by atoms with Gasteiger partial charge in [-0.2, -0.15) is 0 Å². The van der Waals surface area contributed by atoms with Crippen LogP contribution in [0.1, 0.15) is 21.0 Å². The fraction of sp³-hybridized carbons (Fsp3) is 0. The van der Waals surface area contributed by atoms with Crippen molar-refractivity contribution in [3.63, 3.8) is 0 Å². The topological polar surface area (TPSA) is 152 Å². The minimum absolute atomic E-state index is 0.121. The molecular formula is C14H8N6O4. The monoisotopic (exact) mass is 324 g/mol. The molecule has 3 rings (SSSR count). The largest absolute Gasteiger partial charge is 0.477 e. The van der Waals surface area contributed by atoms with E-state index in [1.165, 1.54) is 36.7 Å². The van der Waals surface area contributed by atoms with Gasteiger partial charge in [0.2, 0.25) is 11.6 Å². The van der Waals surface area contributed by atoms with Crippen LogP contribution in [-0.2, 0) is 0 Å². The smallest absolute Gasteiger partial charge is 0.354 e. The Kier molecular flexibility index (Phi) is 3.85. The van der Waals surface area contributed by atoms with Crippen LogP contribution in [0, 0.1) is 0 Å². The Bertz CT molecular complexity index is 852. The van der Waals surface area contributed by atoms with Crippen molar-refractivity contribution >= 4 is 11.9 Å². The lowest BCUT2D eigenvalue weighted by Crippen LogP contribution is -2.04. The zero-order valence-electron chi connectivity index (χ0n) is 11.9. The summed E-state index contributed by atoms with van der Waals surface area (Å²) >= 11 is 0. The maximum atomic E-state index is 10.9. The third-order valence-electron chi connectivity index (χ3n) is 2.95. The molecule has 24 heavy (non-hydrogen) atoms. The molecule has 2 N–H and O–H groups in total. The lowest BCUT2D eigenvalue weighted by molar-refractivity contribution is 0.0680. The molecule has 0 unspecified atom stereocenters. The van der Waals surface area contributed by atoms with E-state index in [1.54, 1.807) is 0 Å². The molecule has 0 radical (unpaired) electrons. The Labute approximate surface area is 133 Å². The molecule has 118 valence electrons. The van der Waals surface area contributed by atoms with Crippen LogP contribution in [0.3, 0.4) is 0 Å². The van der Waals surface area contributed by atoms with E-state index < -0.39 is 11.9 Å². The van der Waals surface area contributed by atoms with Crippen LogP contribution in [0.15, 0.2) is 36.7 Å². The second-order valence-corrected chi connectivity index (χ2v) is 4.52. The van der Waals surface area contributed by atoms with Crippen LogP contribution in [0.5, 0.6) is 0 Å². The summed E-state index contributed by atoms with van der Waals surface area (Å²) in [6.45, 7) is 0. The number of carboxylic acids is 2. The highest BCUT2D eigenvalue weighted by molar-refractivity contribution is 5.87. The van der Waals surface area contributed by atoms with Gasteiger partial charge in [-0.05, 0) is 24.3 Å². The van der Waals surface area contributed by atoms with Gasteiger partial charge in [-0.25, -0.2) is 19.6 Å².